The number of hydrogen-bond donors (Lipinski definition) is 2. The molecule has 160 valence electrons. The number of rotatable bonds is 8. The van der Waals surface area contributed by atoms with Gasteiger partial charge in [-0.15, -0.1) is 0 Å². The van der Waals surface area contributed by atoms with Crippen molar-refractivity contribution in [1.82, 2.24) is 0 Å². The largest absolute Gasteiger partial charge is 0.324 e. The third-order valence-electron chi connectivity index (χ3n) is 5.89. The maximum atomic E-state index is 6.90. The van der Waals surface area contributed by atoms with Crippen LogP contribution in [0.15, 0.2) is 12.1 Å². The molecule has 0 fully saturated rings. The van der Waals surface area contributed by atoms with Crippen molar-refractivity contribution in [3.05, 3.63) is 66.7 Å². The van der Waals surface area contributed by atoms with Crippen LogP contribution in [-0.4, -0.2) is 0 Å². The molecular weight excluding hydrogens is 399 g/mol. The minimum absolute atomic E-state index is 0.0289. The second-order valence-electron chi connectivity index (χ2n) is 7.97. The smallest absolute Gasteiger partial charge is 0.0476 e. The molecule has 2 aromatic carbocycles. The Labute approximate surface area is 187 Å². The second kappa shape index (κ2) is 10.3. The van der Waals surface area contributed by atoms with Gasteiger partial charge in [-0.3, -0.25) is 0 Å². The van der Waals surface area contributed by atoms with E-state index in [1.54, 1.807) is 0 Å². The van der Waals surface area contributed by atoms with E-state index in [1.807, 2.05) is 13.8 Å². The molecule has 0 bridgehead atoms. The first-order valence-electron chi connectivity index (χ1n) is 10.9. The summed E-state index contributed by atoms with van der Waals surface area (Å²) in [7, 11) is 0. The lowest BCUT2D eigenvalue weighted by molar-refractivity contribution is 0.779. The van der Waals surface area contributed by atoms with Crippen LogP contribution in [0, 0.1) is 0 Å². The lowest BCUT2D eigenvalue weighted by atomic mass is 9.86. The predicted molar refractivity (Wildman–Crippen MR) is 128 cm³/mol. The molecule has 0 amide bonds. The predicted octanol–water partition coefficient (Wildman–Crippen LogP) is 6.87. The van der Waals surface area contributed by atoms with Gasteiger partial charge in [-0.2, -0.15) is 0 Å². The van der Waals surface area contributed by atoms with E-state index in [4.69, 9.17) is 34.7 Å². The van der Waals surface area contributed by atoms with Gasteiger partial charge >= 0.3 is 0 Å². The summed E-state index contributed by atoms with van der Waals surface area (Å²) in [6.45, 7) is 12.7. The van der Waals surface area contributed by atoms with Gasteiger partial charge in [0, 0.05) is 28.5 Å². The zero-order valence-electron chi connectivity index (χ0n) is 18.8. The highest BCUT2D eigenvalue weighted by atomic mass is 35.5. The standard InChI is InChI=1S/C25H36Cl2N2/c1-7-16-11-18(24(26)20(9-3)22(16)14(5)28)13-19-12-17(8-2)23(15(6)29)21(10-4)25(19)27/h11-12,14-15H,7-10,13,28-29H2,1-6H3/t14-,15+. The van der Waals surface area contributed by atoms with Crippen LogP contribution in [0.3, 0.4) is 0 Å². The van der Waals surface area contributed by atoms with E-state index in [1.165, 1.54) is 33.4 Å². The molecule has 2 aromatic rings. The molecular formula is C25H36Cl2N2. The van der Waals surface area contributed by atoms with Gasteiger partial charge in [-0.05, 0) is 84.0 Å². The van der Waals surface area contributed by atoms with Gasteiger partial charge in [0.2, 0.25) is 0 Å². The van der Waals surface area contributed by atoms with Crippen molar-refractivity contribution in [3.8, 4) is 0 Å². The molecule has 4 heteroatoms. The summed E-state index contributed by atoms with van der Waals surface area (Å²) in [5.74, 6) is 0. The van der Waals surface area contributed by atoms with Gasteiger partial charge in [0.25, 0.3) is 0 Å². The third-order valence-corrected chi connectivity index (χ3v) is 6.84. The fourth-order valence-electron chi connectivity index (χ4n) is 4.59. The normalized spacial score (nSPS) is 13.6. The van der Waals surface area contributed by atoms with Crippen molar-refractivity contribution < 1.29 is 0 Å². The first-order chi connectivity index (χ1) is 13.7. The summed E-state index contributed by atoms with van der Waals surface area (Å²) in [4.78, 5) is 0. The minimum atomic E-state index is -0.0289. The van der Waals surface area contributed by atoms with Crippen molar-refractivity contribution in [1.29, 1.82) is 0 Å². The van der Waals surface area contributed by atoms with Gasteiger partial charge in [-0.25, -0.2) is 0 Å². The minimum Gasteiger partial charge on any atom is -0.324 e. The van der Waals surface area contributed by atoms with Crippen LogP contribution in [-0.2, 0) is 32.1 Å². The van der Waals surface area contributed by atoms with Crippen molar-refractivity contribution in [2.24, 2.45) is 11.5 Å². The van der Waals surface area contributed by atoms with Crippen LogP contribution in [0.2, 0.25) is 10.0 Å². The lowest BCUT2D eigenvalue weighted by Crippen LogP contribution is -2.14. The van der Waals surface area contributed by atoms with Gasteiger partial charge in [0.15, 0.2) is 0 Å². The van der Waals surface area contributed by atoms with Gasteiger partial charge < -0.3 is 11.5 Å². The SMILES string of the molecule is CCc1cc(Cc2cc(CC)c([C@@H](C)N)c(CC)c2Cl)c(Cl)c(CC)c1[C@H](C)N. The zero-order valence-corrected chi connectivity index (χ0v) is 20.3. The molecule has 0 unspecified atom stereocenters. The Morgan fingerprint density at radius 1 is 0.655 bits per heavy atom. The van der Waals surface area contributed by atoms with Crippen LogP contribution in [0.1, 0.15) is 98.1 Å². The van der Waals surface area contributed by atoms with E-state index >= 15 is 0 Å². The monoisotopic (exact) mass is 434 g/mol. The Hall–Kier alpha value is -1.06. The van der Waals surface area contributed by atoms with E-state index < -0.39 is 0 Å². The quantitative estimate of drug-likeness (QED) is 0.475. The van der Waals surface area contributed by atoms with Crippen molar-refractivity contribution in [2.45, 2.75) is 85.7 Å². The molecule has 4 N–H and O–H groups in total. The molecule has 0 aliphatic carbocycles. The van der Waals surface area contributed by atoms with Crippen LogP contribution >= 0.6 is 23.2 Å². The van der Waals surface area contributed by atoms with Crippen LogP contribution in [0.25, 0.3) is 0 Å². The highest BCUT2D eigenvalue weighted by Gasteiger charge is 2.21. The number of benzene rings is 2. The average molecular weight is 435 g/mol. The Balaban J connectivity index is 2.68. The molecule has 0 radical (unpaired) electrons. The molecule has 0 aliphatic heterocycles. The molecule has 2 atom stereocenters. The first-order valence-corrected chi connectivity index (χ1v) is 11.6. The van der Waals surface area contributed by atoms with E-state index in [2.05, 4.69) is 39.8 Å². The second-order valence-corrected chi connectivity index (χ2v) is 8.73. The molecule has 2 rings (SSSR count). The summed E-state index contributed by atoms with van der Waals surface area (Å²) in [6.07, 6.45) is 4.33. The highest BCUT2D eigenvalue weighted by molar-refractivity contribution is 6.33. The zero-order chi connectivity index (χ0) is 21.9. The lowest BCUT2D eigenvalue weighted by Gasteiger charge is -2.23. The van der Waals surface area contributed by atoms with Gasteiger partial charge in [0.1, 0.15) is 0 Å². The Morgan fingerprint density at radius 2 is 1.00 bits per heavy atom. The number of hydrogen-bond acceptors (Lipinski definition) is 2. The van der Waals surface area contributed by atoms with Crippen LogP contribution in [0.4, 0.5) is 0 Å². The van der Waals surface area contributed by atoms with Crippen molar-refractivity contribution in [3.63, 3.8) is 0 Å². The fraction of sp³-hybridized carbons (Fsp3) is 0.520. The van der Waals surface area contributed by atoms with Gasteiger partial charge in [0.05, 0.1) is 0 Å². The Bertz CT molecular complexity index is 799. The van der Waals surface area contributed by atoms with Crippen LogP contribution in [0.5, 0.6) is 0 Å². The number of aryl methyl sites for hydroxylation is 2. The fourth-order valence-corrected chi connectivity index (χ4v) is 5.30. The maximum absolute atomic E-state index is 6.90. The van der Waals surface area contributed by atoms with Crippen molar-refractivity contribution >= 4 is 23.2 Å². The summed E-state index contributed by atoms with van der Waals surface area (Å²) in [5, 5.41) is 1.67. The Morgan fingerprint density at radius 3 is 1.24 bits per heavy atom. The van der Waals surface area contributed by atoms with Crippen molar-refractivity contribution in [2.75, 3.05) is 0 Å². The summed E-state index contributed by atoms with van der Waals surface area (Å²) >= 11 is 13.8. The first kappa shape index (κ1) is 24.2. The third kappa shape index (κ3) is 4.82. The van der Waals surface area contributed by atoms with E-state index in [0.717, 1.165) is 53.3 Å². The molecule has 2 nitrogen and oxygen atoms in total. The molecule has 0 saturated heterocycles. The molecule has 0 aliphatic rings. The number of nitrogens with two attached hydrogens (primary N) is 2. The van der Waals surface area contributed by atoms with Crippen LogP contribution < -0.4 is 11.5 Å². The maximum Gasteiger partial charge on any atom is 0.0476 e. The average Bonchev–Trinajstić information content (AvgIpc) is 2.69. The van der Waals surface area contributed by atoms with E-state index in [9.17, 15) is 0 Å². The molecule has 29 heavy (non-hydrogen) atoms. The van der Waals surface area contributed by atoms with E-state index in [-0.39, 0.29) is 12.1 Å². The molecule has 0 aromatic heterocycles. The van der Waals surface area contributed by atoms with Gasteiger partial charge in [-0.1, -0.05) is 63.0 Å². The number of halogens is 2. The molecule has 0 heterocycles. The summed E-state index contributed by atoms with van der Waals surface area (Å²) in [6, 6.07) is 4.40. The topological polar surface area (TPSA) is 52.0 Å². The highest BCUT2D eigenvalue weighted by Crippen LogP contribution is 2.37. The molecule has 0 saturated carbocycles. The summed E-state index contributed by atoms with van der Waals surface area (Å²) in [5.41, 5.74) is 22.2. The summed E-state index contributed by atoms with van der Waals surface area (Å²) < 4.78 is 0. The Kier molecular flexibility index (Phi) is 8.60. The molecule has 0 spiro atoms. The van der Waals surface area contributed by atoms with E-state index in [0.29, 0.717) is 0 Å².